The molecule has 1 N–H and O–H groups in total. The molecule has 0 amide bonds. The zero-order valence-corrected chi connectivity index (χ0v) is 9.63. The third-order valence-corrected chi connectivity index (χ3v) is 2.50. The maximum atomic E-state index is 8.38. The van der Waals surface area contributed by atoms with Crippen LogP contribution in [0.1, 0.15) is 24.6 Å². The molecule has 2 aromatic rings. The van der Waals surface area contributed by atoms with Crippen LogP contribution >= 0.6 is 0 Å². The Morgan fingerprint density at radius 2 is 2.12 bits per heavy atom. The molecule has 0 radical (unpaired) electrons. The summed E-state index contributed by atoms with van der Waals surface area (Å²) in [5, 5.41) is 15.0. The minimum absolute atomic E-state index is 0.500. The van der Waals surface area contributed by atoms with Crippen LogP contribution in [-0.4, -0.2) is 16.6 Å². The van der Waals surface area contributed by atoms with E-state index in [1.54, 1.807) is 6.07 Å². The van der Waals surface area contributed by atoms with Gasteiger partial charge in [-0.1, -0.05) is 47.9 Å². The van der Waals surface area contributed by atoms with Crippen molar-refractivity contribution < 1.29 is 9.73 Å². The van der Waals surface area contributed by atoms with Crippen molar-refractivity contribution in [2.75, 3.05) is 0 Å². The molecule has 0 aliphatic carbocycles. The van der Waals surface area contributed by atoms with Gasteiger partial charge in [-0.2, -0.15) is 0 Å². The van der Waals surface area contributed by atoms with Crippen LogP contribution in [0, 0.1) is 0 Å². The van der Waals surface area contributed by atoms with Gasteiger partial charge in [0.1, 0.15) is 5.69 Å². The Kier molecular flexibility index (Phi) is 3.55. The van der Waals surface area contributed by atoms with Gasteiger partial charge in [-0.25, -0.2) is 0 Å². The number of aromatic nitrogens is 1. The highest BCUT2D eigenvalue weighted by Gasteiger charge is 2.05. The van der Waals surface area contributed by atoms with Gasteiger partial charge in [0, 0.05) is 11.6 Å². The van der Waals surface area contributed by atoms with Gasteiger partial charge in [-0.3, -0.25) is 0 Å². The molecule has 0 atom stereocenters. The number of nitrogens with zero attached hydrogens (tertiary/aromatic N) is 2. The second-order valence-corrected chi connectivity index (χ2v) is 3.81. The largest absolute Gasteiger partial charge is 0.411 e. The zero-order valence-electron chi connectivity index (χ0n) is 9.63. The SMILES string of the molecule is CCCc1ccc(-c2cc(/C=N\O)no2)cc1. The summed E-state index contributed by atoms with van der Waals surface area (Å²) in [6, 6.07) is 9.91. The Balaban J connectivity index is 2.20. The summed E-state index contributed by atoms with van der Waals surface area (Å²) in [6.07, 6.45) is 3.45. The van der Waals surface area contributed by atoms with E-state index >= 15 is 0 Å². The average Bonchev–Trinajstić information content (AvgIpc) is 2.80. The molecule has 17 heavy (non-hydrogen) atoms. The number of rotatable bonds is 4. The van der Waals surface area contributed by atoms with E-state index in [4.69, 9.17) is 9.73 Å². The van der Waals surface area contributed by atoms with Gasteiger partial charge in [0.05, 0.1) is 6.21 Å². The first kappa shape index (κ1) is 11.4. The van der Waals surface area contributed by atoms with E-state index in [2.05, 4.69) is 29.4 Å². The third kappa shape index (κ3) is 2.72. The third-order valence-electron chi connectivity index (χ3n) is 2.50. The highest BCUT2D eigenvalue weighted by atomic mass is 16.5. The van der Waals surface area contributed by atoms with Crippen molar-refractivity contribution >= 4 is 6.21 Å². The van der Waals surface area contributed by atoms with Crippen molar-refractivity contribution in [3.8, 4) is 11.3 Å². The van der Waals surface area contributed by atoms with Crippen molar-refractivity contribution in [3.63, 3.8) is 0 Å². The maximum absolute atomic E-state index is 8.38. The minimum Gasteiger partial charge on any atom is -0.411 e. The van der Waals surface area contributed by atoms with E-state index in [0.29, 0.717) is 11.5 Å². The van der Waals surface area contributed by atoms with E-state index in [1.807, 2.05) is 12.1 Å². The van der Waals surface area contributed by atoms with Gasteiger partial charge in [0.2, 0.25) is 0 Å². The van der Waals surface area contributed by atoms with Crippen molar-refractivity contribution in [1.29, 1.82) is 0 Å². The highest BCUT2D eigenvalue weighted by molar-refractivity contribution is 5.78. The maximum Gasteiger partial charge on any atom is 0.167 e. The van der Waals surface area contributed by atoms with Crippen LogP contribution in [0.2, 0.25) is 0 Å². The lowest BCUT2D eigenvalue weighted by Crippen LogP contribution is -1.82. The van der Waals surface area contributed by atoms with Crippen molar-refractivity contribution in [1.82, 2.24) is 5.16 Å². The molecule has 0 saturated heterocycles. The Hall–Kier alpha value is -2.10. The van der Waals surface area contributed by atoms with Crippen LogP contribution in [0.15, 0.2) is 40.0 Å². The summed E-state index contributed by atoms with van der Waals surface area (Å²) >= 11 is 0. The molecule has 2 rings (SSSR count). The molecule has 1 aromatic carbocycles. The molecule has 88 valence electrons. The van der Waals surface area contributed by atoms with E-state index in [-0.39, 0.29) is 0 Å². The lowest BCUT2D eigenvalue weighted by molar-refractivity contribution is 0.321. The fourth-order valence-corrected chi connectivity index (χ4v) is 1.67. The number of aryl methyl sites for hydroxylation is 1. The molecule has 0 bridgehead atoms. The standard InChI is InChI=1S/C13H14N2O2/c1-2-3-10-4-6-11(7-5-10)13-8-12(9-14-16)15-17-13/h4-9,16H,2-3H2,1H3/b14-9-. The first-order chi connectivity index (χ1) is 8.33. The number of hydrogen-bond acceptors (Lipinski definition) is 4. The second-order valence-electron chi connectivity index (χ2n) is 3.81. The van der Waals surface area contributed by atoms with Crippen LogP contribution in [0.3, 0.4) is 0 Å². The van der Waals surface area contributed by atoms with Crippen LogP contribution in [0.4, 0.5) is 0 Å². The monoisotopic (exact) mass is 230 g/mol. The quantitative estimate of drug-likeness (QED) is 0.498. The molecule has 4 heteroatoms. The molecule has 4 nitrogen and oxygen atoms in total. The summed E-state index contributed by atoms with van der Waals surface area (Å²) in [7, 11) is 0. The van der Waals surface area contributed by atoms with Crippen molar-refractivity contribution in [2.45, 2.75) is 19.8 Å². The first-order valence-electron chi connectivity index (χ1n) is 5.57. The normalized spacial score (nSPS) is 11.1. The molecular weight excluding hydrogens is 216 g/mol. The second kappa shape index (κ2) is 5.30. The number of oxime groups is 1. The molecule has 0 spiro atoms. The first-order valence-corrected chi connectivity index (χ1v) is 5.57. The molecular formula is C13H14N2O2. The molecule has 0 fully saturated rings. The van der Waals surface area contributed by atoms with Crippen LogP contribution in [-0.2, 0) is 6.42 Å². The molecule has 0 aliphatic rings. The lowest BCUT2D eigenvalue weighted by atomic mass is 10.1. The fourth-order valence-electron chi connectivity index (χ4n) is 1.67. The average molecular weight is 230 g/mol. The van der Waals surface area contributed by atoms with Gasteiger partial charge in [0.25, 0.3) is 0 Å². The smallest absolute Gasteiger partial charge is 0.167 e. The van der Waals surface area contributed by atoms with Gasteiger partial charge in [-0.15, -0.1) is 0 Å². The molecule has 0 saturated carbocycles. The zero-order chi connectivity index (χ0) is 12.1. The lowest BCUT2D eigenvalue weighted by Gasteiger charge is -1.99. The highest BCUT2D eigenvalue weighted by Crippen LogP contribution is 2.20. The Labute approximate surface area is 99.6 Å². The van der Waals surface area contributed by atoms with Gasteiger partial charge < -0.3 is 9.73 Å². The van der Waals surface area contributed by atoms with Gasteiger partial charge >= 0.3 is 0 Å². The van der Waals surface area contributed by atoms with Crippen molar-refractivity contribution in [2.24, 2.45) is 5.16 Å². The summed E-state index contributed by atoms with van der Waals surface area (Å²) in [5.74, 6) is 0.669. The molecule has 1 heterocycles. The van der Waals surface area contributed by atoms with E-state index in [9.17, 15) is 0 Å². The van der Waals surface area contributed by atoms with Crippen LogP contribution in [0.25, 0.3) is 11.3 Å². The van der Waals surface area contributed by atoms with Crippen molar-refractivity contribution in [3.05, 3.63) is 41.6 Å². The number of hydrogen-bond donors (Lipinski definition) is 1. The van der Waals surface area contributed by atoms with E-state index in [1.165, 1.54) is 11.8 Å². The Bertz CT molecular complexity index is 500. The predicted molar refractivity (Wildman–Crippen MR) is 65.3 cm³/mol. The van der Waals surface area contributed by atoms with Crippen LogP contribution < -0.4 is 0 Å². The van der Waals surface area contributed by atoms with Crippen LogP contribution in [0.5, 0.6) is 0 Å². The predicted octanol–water partition coefficient (Wildman–Crippen LogP) is 3.10. The molecule has 0 aliphatic heterocycles. The summed E-state index contributed by atoms with van der Waals surface area (Å²) in [6.45, 7) is 2.16. The summed E-state index contributed by atoms with van der Waals surface area (Å²) < 4.78 is 5.15. The van der Waals surface area contributed by atoms with Gasteiger partial charge in [0.15, 0.2) is 5.76 Å². The Morgan fingerprint density at radius 3 is 2.76 bits per heavy atom. The minimum atomic E-state index is 0.500. The Morgan fingerprint density at radius 1 is 1.35 bits per heavy atom. The van der Waals surface area contributed by atoms with Gasteiger partial charge in [-0.05, 0) is 12.0 Å². The summed E-state index contributed by atoms with van der Waals surface area (Å²) in [5.41, 5.74) is 2.78. The molecule has 0 unspecified atom stereocenters. The van der Waals surface area contributed by atoms with E-state index < -0.39 is 0 Å². The fraction of sp³-hybridized carbons (Fsp3) is 0.231. The number of benzene rings is 1. The van der Waals surface area contributed by atoms with E-state index in [0.717, 1.165) is 18.4 Å². The topological polar surface area (TPSA) is 58.6 Å². The molecule has 1 aromatic heterocycles. The summed E-state index contributed by atoms with van der Waals surface area (Å²) in [4.78, 5) is 0.